The van der Waals surface area contributed by atoms with Crippen molar-refractivity contribution in [1.29, 1.82) is 0 Å². The largest absolute Gasteiger partial charge is 0.281 e. The molecule has 3 rings (SSSR count). The number of nitrogens with one attached hydrogen (secondary N) is 2. The second kappa shape index (κ2) is 5.07. The summed E-state index contributed by atoms with van der Waals surface area (Å²) in [6.07, 6.45) is 1.58. The summed E-state index contributed by atoms with van der Waals surface area (Å²) in [7, 11) is -3.56. The number of benzene rings is 2. The lowest BCUT2D eigenvalue weighted by molar-refractivity contribution is 0.581. The molecule has 0 aliphatic heterocycles. The molecule has 0 aliphatic carbocycles. The number of aromatic amines is 1. The molecule has 3 aromatic rings. The van der Waals surface area contributed by atoms with E-state index in [1.165, 1.54) is 0 Å². The predicted molar refractivity (Wildman–Crippen MR) is 76.6 cm³/mol. The number of hydrogen-bond donors (Lipinski definition) is 2. The number of fused-ring (bicyclic) bond motifs is 1. The molecule has 0 saturated carbocycles. The Morgan fingerprint density at radius 2 is 1.85 bits per heavy atom. The molecule has 0 atom stereocenters. The highest BCUT2D eigenvalue weighted by molar-refractivity contribution is 7.89. The lowest BCUT2D eigenvalue weighted by Crippen LogP contribution is -2.23. The van der Waals surface area contributed by atoms with Crippen LogP contribution in [-0.4, -0.2) is 18.6 Å². The molecule has 1 aromatic heterocycles. The Hall–Kier alpha value is -2.18. The molecule has 0 radical (unpaired) electrons. The second-order valence-electron chi connectivity index (χ2n) is 4.38. The molecule has 0 fully saturated rings. The lowest BCUT2D eigenvalue weighted by atomic mass is 10.1. The third kappa shape index (κ3) is 2.43. The smallest absolute Gasteiger partial charge is 0.241 e. The second-order valence-corrected chi connectivity index (χ2v) is 6.12. The number of nitrogens with zero attached hydrogens (tertiary/aromatic N) is 1. The summed E-state index contributed by atoms with van der Waals surface area (Å²) in [4.78, 5) is 0.287. The van der Waals surface area contributed by atoms with E-state index in [9.17, 15) is 8.42 Å². The van der Waals surface area contributed by atoms with Crippen LogP contribution in [0.25, 0.3) is 10.8 Å². The first-order valence-corrected chi connectivity index (χ1v) is 7.61. The molecular formula is C14H13N3O2S. The zero-order chi connectivity index (χ0) is 14.0. The summed E-state index contributed by atoms with van der Waals surface area (Å²) < 4.78 is 27.4. The van der Waals surface area contributed by atoms with Gasteiger partial charge in [-0.05, 0) is 17.5 Å². The molecule has 1 heterocycles. The molecule has 2 N–H and O–H groups in total. The van der Waals surface area contributed by atoms with Crippen molar-refractivity contribution in [2.45, 2.75) is 11.4 Å². The standard InChI is InChI=1S/C14H13N3O2S/c18-20(19,16-10-12-8-9-15-17-12)14-7-3-5-11-4-1-2-6-13(11)14/h1-9,16H,10H2,(H,15,17). The Kier molecular flexibility index (Phi) is 3.25. The Bertz CT molecular complexity index is 821. The van der Waals surface area contributed by atoms with E-state index in [4.69, 9.17) is 0 Å². The molecule has 6 heteroatoms. The molecule has 0 spiro atoms. The maximum absolute atomic E-state index is 12.4. The third-order valence-electron chi connectivity index (χ3n) is 3.05. The summed E-state index contributed by atoms with van der Waals surface area (Å²) in [5.41, 5.74) is 0.716. The zero-order valence-corrected chi connectivity index (χ0v) is 11.4. The number of hydrogen-bond acceptors (Lipinski definition) is 3. The highest BCUT2D eigenvalue weighted by Crippen LogP contribution is 2.22. The van der Waals surface area contributed by atoms with Crippen LogP contribution in [0.5, 0.6) is 0 Å². The van der Waals surface area contributed by atoms with Crippen molar-refractivity contribution in [3.8, 4) is 0 Å². The molecule has 0 unspecified atom stereocenters. The average Bonchev–Trinajstić information content (AvgIpc) is 2.98. The van der Waals surface area contributed by atoms with Crippen molar-refractivity contribution in [1.82, 2.24) is 14.9 Å². The summed E-state index contributed by atoms with van der Waals surface area (Å²) >= 11 is 0. The van der Waals surface area contributed by atoms with Crippen LogP contribution in [0.1, 0.15) is 5.69 Å². The molecule has 102 valence electrons. The monoisotopic (exact) mass is 287 g/mol. The molecule has 0 saturated heterocycles. The number of H-pyrrole nitrogens is 1. The van der Waals surface area contributed by atoms with Crippen LogP contribution in [0.2, 0.25) is 0 Å². The maximum atomic E-state index is 12.4. The first kappa shape index (κ1) is 12.8. The molecule has 20 heavy (non-hydrogen) atoms. The lowest BCUT2D eigenvalue weighted by Gasteiger charge is -2.08. The van der Waals surface area contributed by atoms with Crippen LogP contribution in [0.4, 0.5) is 0 Å². The van der Waals surface area contributed by atoms with Crippen LogP contribution in [-0.2, 0) is 16.6 Å². The zero-order valence-electron chi connectivity index (χ0n) is 10.6. The third-order valence-corrected chi connectivity index (χ3v) is 4.51. The van der Waals surface area contributed by atoms with E-state index in [1.807, 2.05) is 24.3 Å². The fourth-order valence-corrected chi connectivity index (χ4v) is 3.30. The van der Waals surface area contributed by atoms with E-state index in [-0.39, 0.29) is 11.4 Å². The van der Waals surface area contributed by atoms with Crippen molar-refractivity contribution >= 4 is 20.8 Å². The van der Waals surface area contributed by atoms with Crippen molar-refractivity contribution in [2.24, 2.45) is 0 Å². The van der Waals surface area contributed by atoms with E-state index in [0.717, 1.165) is 5.39 Å². The molecule has 0 bridgehead atoms. The van der Waals surface area contributed by atoms with Gasteiger partial charge in [0.2, 0.25) is 10.0 Å². The van der Waals surface area contributed by atoms with Crippen molar-refractivity contribution < 1.29 is 8.42 Å². The van der Waals surface area contributed by atoms with Gasteiger partial charge in [0.1, 0.15) is 0 Å². The highest BCUT2D eigenvalue weighted by Gasteiger charge is 2.16. The quantitative estimate of drug-likeness (QED) is 0.771. The highest BCUT2D eigenvalue weighted by atomic mass is 32.2. The first-order chi connectivity index (χ1) is 9.67. The van der Waals surface area contributed by atoms with Crippen LogP contribution in [0.3, 0.4) is 0 Å². The van der Waals surface area contributed by atoms with Crippen LogP contribution in [0.15, 0.2) is 59.6 Å². The van der Waals surface area contributed by atoms with Crippen LogP contribution >= 0.6 is 0 Å². The fraction of sp³-hybridized carbons (Fsp3) is 0.0714. The summed E-state index contributed by atoms with van der Waals surface area (Å²) in [5, 5.41) is 8.12. The Morgan fingerprint density at radius 1 is 1.05 bits per heavy atom. The summed E-state index contributed by atoms with van der Waals surface area (Å²) in [5.74, 6) is 0. The van der Waals surface area contributed by atoms with Gasteiger partial charge in [0, 0.05) is 11.6 Å². The Labute approximate surface area is 116 Å². The van der Waals surface area contributed by atoms with Crippen LogP contribution < -0.4 is 4.72 Å². The Morgan fingerprint density at radius 3 is 2.65 bits per heavy atom. The molecule has 2 aromatic carbocycles. The van der Waals surface area contributed by atoms with Gasteiger partial charge >= 0.3 is 0 Å². The summed E-state index contributed by atoms with van der Waals surface area (Å²) in [6.45, 7) is 0.186. The average molecular weight is 287 g/mol. The van der Waals surface area contributed by atoms with Crippen LogP contribution in [0, 0.1) is 0 Å². The van der Waals surface area contributed by atoms with Gasteiger partial charge in [-0.15, -0.1) is 0 Å². The van der Waals surface area contributed by atoms with Gasteiger partial charge in [-0.1, -0.05) is 36.4 Å². The molecular weight excluding hydrogens is 274 g/mol. The number of sulfonamides is 1. The summed E-state index contributed by atoms with van der Waals surface area (Å²) in [6, 6.07) is 14.4. The van der Waals surface area contributed by atoms with Crippen molar-refractivity contribution in [3.63, 3.8) is 0 Å². The topological polar surface area (TPSA) is 74.8 Å². The van der Waals surface area contributed by atoms with Gasteiger partial charge in [0.15, 0.2) is 0 Å². The molecule has 0 amide bonds. The van der Waals surface area contributed by atoms with Crippen molar-refractivity contribution in [3.05, 3.63) is 60.4 Å². The van der Waals surface area contributed by atoms with E-state index >= 15 is 0 Å². The van der Waals surface area contributed by atoms with Gasteiger partial charge in [-0.3, -0.25) is 5.10 Å². The van der Waals surface area contributed by atoms with Gasteiger partial charge in [0.25, 0.3) is 0 Å². The number of rotatable bonds is 4. The van der Waals surface area contributed by atoms with Crippen molar-refractivity contribution in [2.75, 3.05) is 0 Å². The first-order valence-electron chi connectivity index (χ1n) is 6.12. The molecule has 0 aliphatic rings. The van der Waals surface area contributed by atoms with E-state index in [0.29, 0.717) is 11.1 Å². The minimum Gasteiger partial charge on any atom is -0.281 e. The molecule has 5 nitrogen and oxygen atoms in total. The fourth-order valence-electron chi connectivity index (χ4n) is 2.06. The number of aromatic nitrogens is 2. The van der Waals surface area contributed by atoms with Gasteiger partial charge in [-0.2, -0.15) is 5.10 Å². The maximum Gasteiger partial charge on any atom is 0.241 e. The van der Waals surface area contributed by atoms with Gasteiger partial charge in [-0.25, -0.2) is 13.1 Å². The van der Waals surface area contributed by atoms with Gasteiger partial charge in [0.05, 0.1) is 17.1 Å². The van der Waals surface area contributed by atoms with E-state index in [1.54, 1.807) is 30.5 Å². The normalized spacial score (nSPS) is 11.8. The van der Waals surface area contributed by atoms with E-state index < -0.39 is 10.0 Å². The SMILES string of the molecule is O=S(=O)(NCc1ccn[nH]1)c1cccc2ccccc12. The Balaban J connectivity index is 1.97. The minimum absolute atomic E-state index is 0.186. The predicted octanol–water partition coefficient (Wildman–Crippen LogP) is 2.04. The minimum atomic E-state index is -3.56. The van der Waals surface area contributed by atoms with E-state index in [2.05, 4.69) is 14.9 Å². The van der Waals surface area contributed by atoms with Gasteiger partial charge < -0.3 is 0 Å².